The van der Waals surface area contributed by atoms with Gasteiger partial charge in [-0.15, -0.1) is 0 Å². The molecule has 2 amide bonds. The summed E-state index contributed by atoms with van der Waals surface area (Å²) in [5.41, 5.74) is 1.87. The van der Waals surface area contributed by atoms with E-state index in [0.29, 0.717) is 22.5 Å². The molecular weight excluding hydrogens is 334 g/mol. The number of benzene rings is 2. The quantitative estimate of drug-likeness (QED) is 0.778. The van der Waals surface area contributed by atoms with E-state index in [-0.39, 0.29) is 13.3 Å². The molecule has 0 saturated heterocycles. The summed E-state index contributed by atoms with van der Waals surface area (Å²) >= 11 is 0. The van der Waals surface area contributed by atoms with Gasteiger partial charge in [-0.3, -0.25) is 33.9 Å². The van der Waals surface area contributed by atoms with E-state index in [2.05, 4.69) is 0 Å². The SMILES string of the molecule is CN(CN1C(=O)C(=O)c2ccccc21)CN1C(=O)C(=O)c2ccccc21. The minimum Gasteiger partial charge on any atom is -0.291 e. The molecule has 0 bridgehead atoms. The third kappa shape index (κ3) is 2.33. The summed E-state index contributed by atoms with van der Waals surface area (Å²) in [7, 11) is 1.72. The summed E-state index contributed by atoms with van der Waals surface area (Å²) in [6.07, 6.45) is 0. The Morgan fingerprint density at radius 2 is 1.08 bits per heavy atom. The molecule has 0 aliphatic carbocycles. The molecule has 0 aromatic heterocycles. The maximum absolute atomic E-state index is 12.3. The van der Waals surface area contributed by atoms with Gasteiger partial charge in [0.2, 0.25) is 0 Å². The van der Waals surface area contributed by atoms with Crippen molar-refractivity contribution in [3.63, 3.8) is 0 Å². The van der Waals surface area contributed by atoms with E-state index in [4.69, 9.17) is 0 Å². The molecule has 2 aliphatic heterocycles. The van der Waals surface area contributed by atoms with Crippen LogP contribution in [0.4, 0.5) is 11.4 Å². The van der Waals surface area contributed by atoms with Gasteiger partial charge in [0.1, 0.15) is 0 Å². The summed E-state index contributed by atoms with van der Waals surface area (Å²) in [6.45, 7) is 0.253. The minimum atomic E-state index is -0.595. The van der Waals surface area contributed by atoms with Crippen LogP contribution in [0.5, 0.6) is 0 Å². The van der Waals surface area contributed by atoms with Crippen LogP contribution >= 0.6 is 0 Å². The summed E-state index contributed by atoms with van der Waals surface area (Å²) in [5, 5.41) is 0. The van der Waals surface area contributed by atoms with Crippen LogP contribution in [0, 0.1) is 0 Å². The lowest BCUT2D eigenvalue weighted by Crippen LogP contribution is -2.45. The Balaban J connectivity index is 1.55. The van der Waals surface area contributed by atoms with Crippen molar-refractivity contribution in [3.8, 4) is 0 Å². The first-order valence-corrected chi connectivity index (χ1v) is 8.08. The number of fused-ring (bicyclic) bond motifs is 2. The van der Waals surface area contributed by atoms with E-state index in [9.17, 15) is 19.2 Å². The number of nitrogens with zero attached hydrogens (tertiary/aromatic N) is 3. The molecule has 0 atom stereocenters. The molecule has 0 N–H and O–H groups in total. The lowest BCUT2D eigenvalue weighted by atomic mass is 10.1. The van der Waals surface area contributed by atoms with Crippen molar-refractivity contribution >= 4 is 34.8 Å². The van der Waals surface area contributed by atoms with E-state index in [0.717, 1.165) is 0 Å². The number of Topliss-reactive ketones (excluding diaryl/α,β-unsaturated/α-hetero) is 2. The van der Waals surface area contributed by atoms with Gasteiger partial charge in [0, 0.05) is 0 Å². The van der Waals surface area contributed by atoms with Gasteiger partial charge in [0.05, 0.1) is 35.8 Å². The number of amides is 2. The Labute approximate surface area is 149 Å². The molecule has 4 rings (SSSR count). The molecule has 26 heavy (non-hydrogen) atoms. The molecule has 0 fully saturated rings. The number of ketones is 2. The predicted octanol–water partition coefficient (Wildman–Crippen LogP) is 1.29. The van der Waals surface area contributed by atoms with Crippen LogP contribution in [0.25, 0.3) is 0 Å². The Morgan fingerprint density at radius 1 is 0.692 bits per heavy atom. The summed E-state index contributed by atoms with van der Waals surface area (Å²) in [4.78, 5) is 53.1. The minimum absolute atomic E-state index is 0.127. The number of rotatable bonds is 4. The highest BCUT2D eigenvalue weighted by atomic mass is 16.2. The third-order valence-corrected chi connectivity index (χ3v) is 4.52. The Hall–Kier alpha value is -3.32. The Kier molecular flexibility index (Phi) is 3.66. The van der Waals surface area contributed by atoms with Gasteiger partial charge in [-0.1, -0.05) is 24.3 Å². The highest BCUT2D eigenvalue weighted by molar-refractivity contribution is 6.52. The summed E-state index contributed by atoms with van der Waals surface area (Å²) in [5.74, 6) is -2.26. The number of carbonyl (C=O) groups excluding carboxylic acids is 4. The van der Waals surface area contributed by atoms with Gasteiger partial charge in [-0.05, 0) is 31.3 Å². The van der Waals surface area contributed by atoms with Crippen molar-refractivity contribution < 1.29 is 19.2 Å². The second-order valence-electron chi connectivity index (χ2n) is 6.30. The van der Waals surface area contributed by atoms with Crippen molar-refractivity contribution in [2.45, 2.75) is 0 Å². The van der Waals surface area contributed by atoms with Gasteiger partial charge >= 0.3 is 11.8 Å². The van der Waals surface area contributed by atoms with Crippen LogP contribution < -0.4 is 9.80 Å². The van der Waals surface area contributed by atoms with Crippen molar-refractivity contribution in [1.82, 2.24) is 4.90 Å². The maximum Gasteiger partial charge on any atom is 0.300 e. The molecule has 2 aromatic rings. The van der Waals surface area contributed by atoms with Crippen LogP contribution in [-0.2, 0) is 9.59 Å². The monoisotopic (exact) mass is 349 g/mol. The first kappa shape index (κ1) is 16.2. The fraction of sp³-hybridized carbons (Fsp3) is 0.158. The van der Waals surface area contributed by atoms with E-state index >= 15 is 0 Å². The fourth-order valence-corrected chi connectivity index (χ4v) is 3.30. The lowest BCUT2D eigenvalue weighted by molar-refractivity contribution is -0.114. The van der Waals surface area contributed by atoms with Crippen molar-refractivity contribution in [3.05, 3.63) is 59.7 Å². The number of hydrogen-bond acceptors (Lipinski definition) is 5. The van der Waals surface area contributed by atoms with E-state index < -0.39 is 23.4 Å². The summed E-state index contributed by atoms with van der Waals surface area (Å²) in [6, 6.07) is 13.6. The number of hydrogen-bond donors (Lipinski definition) is 0. The topological polar surface area (TPSA) is 78.0 Å². The normalized spacial score (nSPS) is 15.9. The zero-order valence-electron chi connectivity index (χ0n) is 14.0. The second-order valence-corrected chi connectivity index (χ2v) is 6.30. The van der Waals surface area contributed by atoms with Crippen LogP contribution in [0.1, 0.15) is 20.7 Å². The van der Waals surface area contributed by atoms with Crippen molar-refractivity contribution in [2.24, 2.45) is 0 Å². The Morgan fingerprint density at radius 3 is 1.50 bits per heavy atom. The molecule has 0 spiro atoms. The van der Waals surface area contributed by atoms with Crippen LogP contribution in [0.2, 0.25) is 0 Å². The maximum atomic E-state index is 12.3. The molecule has 0 unspecified atom stereocenters. The molecular formula is C19H15N3O4. The highest BCUT2D eigenvalue weighted by Gasteiger charge is 2.38. The molecule has 2 aliphatic rings. The third-order valence-electron chi connectivity index (χ3n) is 4.52. The molecule has 2 aromatic carbocycles. The average molecular weight is 349 g/mol. The van der Waals surface area contributed by atoms with Gasteiger partial charge in [0.25, 0.3) is 11.6 Å². The molecule has 2 heterocycles. The van der Waals surface area contributed by atoms with Crippen LogP contribution in [0.3, 0.4) is 0 Å². The lowest BCUT2D eigenvalue weighted by Gasteiger charge is -2.28. The van der Waals surface area contributed by atoms with Crippen molar-refractivity contribution in [2.75, 3.05) is 30.2 Å². The fourth-order valence-electron chi connectivity index (χ4n) is 3.30. The molecule has 130 valence electrons. The van der Waals surface area contributed by atoms with Gasteiger partial charge in [0.15, 0.2) is 0 Å². The highest BCUT2D eigenvalue weighted by Crippen LogP contribution is 2.30. The molecule has 7 heteroatoms. The molecule has 7 nitrogen and oxygen atoms in total. The van der Waals surface area contributed by atoms with Crippen molar-refractivity contribution in [1.29, 1.82) is 0 Å². The van der Waals surface area contributed by atoms with E-state index in [1.165, 1.54) is 9.80 Å². The predicted molar refractivity (Wildman–Crippen MR) is 94.0 cm³/mol. The van der Waals surface area contributed by atoms with Gasteiger partial charge < -0.3 is 0 Å². The summed E-state index contributed by atoms with van der Waals surface area (Å²) < 4.78 is 0. The zero-order valence-corrected chi connectivity index (χ0v) is 14.0. The largest absolute Gasteiger partial charge is 0.300 e. The second kappa shape index (κ2) is 5.89. The zero-order chi connectivity index (χ0) is 18.4. The molecule has 0 radical (unpaired) electrons. The average Bonchev–Trinajstić information content (AvgIpc) is 3.03. The number of carbonyl (C=O) groups is 4. The van der Waals surface area contributed by atoms with E-state index in [1.807, 2.05) is 0 Å². The smallest absolute Gasteiger partial charge is 0.291 e. The number of para-hydroxylation sites is 2. The van der Waals surface area contributed by atoms with E-state index in [1.54, 1.807) is 60.5 Å². The molecule has 0 saturated carbocycles. The number of anilines is 2. The first-order chi connectivity index (χ1) is 12.5. The van der Waals surface area contributed by atoms with Crippen LogP contribution in [-0.4, -0.2) is 48.7 Å². The van der Waals surface area contributed by atoms with Crippen LogP contribution in [0.15, 0.2) is 48.5 Å². The van der Waals surface area contributed by atoms with Gasteiger partial charge in [-0.25, -0.2) is 0 Å². The Bertz CT molecular complexity index is 891. The standard InChI is InChI=1S/C19H15N3O4/c1-20(10-21-14-8-4-2-6-12(14)16(23)18(21)25)11-22-15-9-5-3-7-13(15)17(24)19(22)26/h2-9H,10-11H2,1H3. The van der Waals surface area contributed by atoms with Gasteiger partial charge in [-0.2, -0.15) is 0 Å². The first-order valence-electron chi connectivity index (χ1n) is 8.08.